The third kappa shape index (κ3) is 3.95. The standard InChI is InChI=1S/C15H30N2O2S/c1-12(16-2)13-6-5-9-17(11-13)14-7-4-8-15(10-14)20(3,18)19/h12-16H,4-11H2,1-3H3. The zero-order valence-electron chi connectivity index (χ0n) is 13.1. The van der Waals surface area contributed by atoms with Crippen molar-refractivity contribution in [1.82, 2.24) is 10.2 Å². The first-order valence-corrected chi connectivity index (χ1v) is 9.97. The van der Waals surface area contributed by atoms with Crippen LogP contribution in [0.3, 0.4) is 0 Å². The molecule has 1 aliphatic carbocycles. The summed E-state index contributed by atoms with van der Waals surface area (Å²) < 4.78 is 23.6. The number of likely N-dealkylation sites (tertiary alicyclic amines) is 1. The molecular formula is C15H30N2O2S. The van der Waals surface area contributed by atoms with Crippen LogP contribution in [0.2, 0.25) is 0 Å². The molecule has 0 aromatic carbocycles. The van der Waals surface area contributed by atoms with Gasteiger partial charge in [-0.05, 0) is 58.5 Å². The minimum absolute atomic E-state index is 0.108. The van der Waals surface area contributed by atoms with E-state index in [1.807, 2.05) is 7.05 Å². The van der Waals surface area contributed by atoms with Crippen molar-refractivity contribution in [2.75, 3.05) is 26.4 Å². The highest BCUT2D eigenvalue weighted by Crippen LogP contribution is 2.30. The number of sulfone groups is 1. The van der Waals surface area contributed by atoms with E-state index in [1.54, 1.807) is 0 Å². The summed E-state index contributed by atoms with van der Waals surface area (Å²) in [6.45, 7) is 4.53. The molecule has 1 heterocycles. The molecule has 1 aliphatic heterocycles. The molecule has 2 rings (SSSR count). The Morgan fingerprint density at radius 1 is 1.20 bits per heavy atom. The average molecular weight is 302 g/mol. The highest BCUT2D eigenvalue weighted by Gasteiger charge is 2.34. The third-order valence-electron chi connectivity index (χ3n) is 5.37. The summed E-state index contributed by atoms with van der Waals surface area (Å²) in [4.78, 5) is 2.57. The van der Waals surface area contributed by atoms with Gasteiger partial charge in [0.2, 0.25) is 0 Å². The minimum Gasteiger partial charge on any atom is -0.317 e. The Labute approximate surface area is 124 Å². The van der Waals surface area contributed by atoms with Crippen LogP contribution in [0.4, 0.5) is 0 Å². The molecule has 2 fully saturated rings. The van der Waals surface area contributed by atoms with E-state index in [0.717, 1.165) is 32.4 Å². The van der Waals surface area contributed by atoms with Crippen LogP contribution in [-0.4, -0.2) is 57.0 Å². The van der Waals surface area contributed by atoms with Crippen LogP contribution in [0.5, 0.6) is 0 Å². The molecule has 0 spiro atoms. The molecule has 20 heavy (non-hydrogen) atoms. The first-order valence-electron chi connectivity index (χ1n) is 8.02. The van der Waals surface area contributed by atoms with E-state index in [0.29, 0.717) is 18.0 Å². The molecule has 2 aliphatic rings. The van der Waals surface area contributed by atoms with E-state index in [-0.39, 0.29) is 5.25 Å². The van der Waals surface area contributed by atoms with Gasteiger partial charge in [-0.25, -0.2) is 8.42 Å². The molecule has 4 unspecified atom stereocenters. The number of nitrogens with zero attached hydrogens (tertiary/aromatic N) is 1. The van der Waals surface area contributed by atoms with Gasteiger partial charge in [0.05, 0.1) is 5.25 Å². The van der Waals surface area contributed by atoms with Gasteiger partial charge in [-0.3, -0.25) is 0 Å². The van der Waals surface area contributed by atoms with Crippen LogP contribution in [0.15, 0.2) is 0 Å². The summed E-state index contributed by atoms with van der Waals surface area (Å²) in [5.74, 6) is 0.701. The Bertz CT molecular complexity index is 410. The zero-order valence-corrected chi connectivity index (χ0v) is 14.0. The minimum atomic E-state index is -2.87. The van der Waals surface area contributed by atoms with Crippen molar-refractivity contribution < 1.29 is 8.42 Å². The summed E-state index contributed by atoms with van der Waals surface area (Å²) in [6.07, 6.45) is 7.89. The Morgan fingerprint density at radius 2 is 1.95 bits per heavy atom. The van der Waals surface area contributed by atoms with Crippen LogP contribution in [0.25, 0.3) is 0 Å². The molecule has 0 aromatic rings. The van der Waals surface area contributed by atoms with Gasteiger partial charge >= 0.3 is 0 Å². The van der Waals surface area contributed by atoms with Gasteiger partial charge in [-0.1, -0.05) is 6.42 Å². The molecule has 0 amide bonds. The molecule has 1 N–H and O–H groups in total. The van der Waals surface area contributed by atoms with Crippen molar-refractivity contribution in [3.8, 4) is 0 Å². The molecule has 4 nitrogen and oxygen atoms in total. The fourth-order valence-corrected chi connectivity index (χ4v) is 5.02. The van der Waals surface area contributed by atoms with Crippen LogP contribution in [0, 0.1) is 5.92 Å². The SMILES string of the molecule is CNC(C)C1CCCN(C2CCCC(S(C)(=O)=O)C2)C1. The van der Waals surface area contributed by atoms with Gasteiger partial charge in [0.1, 0.15) is 9.84 Å². The van der Waals surface area contributed by atoms with E-state index >= 15 is 0 Å². The Kier molecular flexibility index (Phi) is 5.49. The Balaban J connectivity index is 1.96. The number of hydrogen-bond donors (Lipinski definition) is 1. The molecule has 1 saturated carbocycles. The fraction of sp³-hybridized carbons (Fsp3) is 1.00. The second kappa shape index (κ2) is 6.75. The van der Waals surface area contributed by atoms with Crippen molar-refractivity contribution >= 4 is 9.84 Å². The van der Waals surface area contributed by atoms with E-state index in [4.69, 9.17) is 0 Å². The molecule has 4 atom stereocenters. The quantitative estimate of drug-likeness (QED) is 0.858. The molecule has 118 valence electrons. The highest BCUT2D eigenvalue weighted by atomic mass is 32.2. The Hall–Kier alpha value is -0.130. The predicted octanol–water partition coefficient (Wildman–Crippen LogP) is 1.66. The maximum atomic E-state index is 11.8. The summed E-state index contributed by atoms with van der Waals surface area (Å²) >= 11 is 0. The lowest BCUT2D eigenvalue weighted by molar-refractivity contribution is 0.0881. The Morgan fingerprint density at radius 3 is 2.60 bits per heavy atom. The summed E-state index contributed by atoms with van der Waals surface area (Å²) in [5, 5.41) is 3.26. The number of rotatable bonds is 4. The molecule has 0 bridgehead atoms. The van der Waals surface area contributed by atoms with Crippen molar-refractivity contribution in [2.24, 2.45) is 5.92 Å². The molecule has 5 heteroatoms. The lowest BCUT2D eigenvalue weighted by Crippen LogP contribution is -2.49. The lowest BCUT2D eigenvalue weighted by Gasteiger charge is -2.43. The maximum Gasteiger partial charge on any atom is 0.150 e. The average Bonchev–Trinajstić information content (AvgIpc) is 2.46. The number of hydrogen-bond acceptors (Lipinski definition) is 4. The zero-order chi connectivity index (χ0) is 14.8. The van der Waals surface area contributed by atoms with Crippen molar-refractivity contribution in [1.29, 1.82) is 0 Å². The number of piperidine rings is 1. The van der Waals surface area contributed by atoms with Crippen LogP contribution < -0.4 is 5.32 Å². The van der Waals surface area contributed by atoms with Gasteiger partial charge < -0.3 is 10.2 Å². The van der Waals surface area contributed by atoms with Gasteiger partial charge in [0, 0.05) is 24.9 Å². The molecular weight excluding hydrogens is 272 g/mol. The predicted molar refractivity (Wildman–Crippen MR) is 83.7 cm³/mol. The summed E-state index contributed by atoms with van der Waals surface area (Å²) in [7, 11) is -0.839. The summed E-state index contributed by atoms with van der Waals surface area (Å²) in [5.41, 5.74) is 0. The topological polar surface area (TPSA) is 49.4 Å². The normalized spacial score (nSPS) is 34.9. The second-order valence-corrected chi connectivity index (χ2v) is 9.07. The first kappa shape index (κ1) is 16.2. The van der Waals surface area contributed by atoms with Crippen LogP contribution in [0.1, 0.15) is 45.4 Å². The molecule has 1 saturated heterocycles. The lowest BCUT2D eigenvalue weighted by atomic mass is 9.87. The van der Waals surface area contributed by atoms with Crippen molar-refractivity contribution in [2.45, 2.75) is 62.8 Å². The molecule has 0 radical (unpaired) electrons. The van der Waals surface area contributed by atoms with Gasteiger partial charge in [-0.2, -0.15) is 0 Å². The number of nitrogens with one attached hydrogen (secondary N) is 1. The maximum absolute atomic E-state index is 11.8. The largest absolute Gasteiger partial charge is 0.317 e. The van der Waals surface area contributed by atoms with E-state index in [1.165, 1.54) is 25.5 Å². The van der Waals surface area contributed by atoms with Gasteiger partial charge in [0.25, 0.3) is 0 Å². The third-order valence-corrected chi connectivity index (χ3v) is 7.01. The summed E-state index contributed by atoms with van der Waals surface area (Å²) in [6, 6.07) is 1.03. The molecule has 0 aromatic heterocycles. The van der Waals surface area contributed by atoms with Gasteiger partial charge in [0.15, 0.2) is 0 Å². The van der Waals surface area contributed by atoms with E-state index in [9.17, 15) is 8.42 Å². The van der Waals surface area contributed by atoms with E-state index < -0.39 is 9.84 Å². The van der Waals surface area contributed by atoms with Crippen molar-refractivity contribution in [3.63, 3.8) is 0 Å². The van der Waals surface area contributed by atoms with Gasteiger partial charge in [-0.15, -0.1) is 0 Å². The van der Waals surface area contributed by atoms with Crippen LogP contribution >= 0.6 is 0 Å². The van der Waals surface area contributed by atoms with Crippen LogP contribution in [-0.2, 0) is 9.84 Å². The fourth-order valence-electron chi connectivity index (χ4n) is 3.86. The smallest absolute Gasteiger partial charge is 0.150 e. The van der Waals surface area contributed by atoms with E-state index in [2.05, 4.69) is 17.1 Å². The highest BCUT2D eigenvalue weighted by molar-refractivity contribution is 7.91. The van der Waals surface area contributed by atoms with Crippen molar-refractivity contribution in [3.05, 3.63) is 0 Å². The second-order valence-electron chi connectivity index (χ2n) is 6.75. The monoisotopic (exact) mass is 302 g/mol. The first-order chi connectivity index (χ1) is 9.41.